The highest BCUT2D eigenvalue weighted by Gasteiger charge is 2.25. The predicted octanol–water partition coefficient (Wildman–Crippen LogP) is 1.03. The van der Waals surface area contributed by atoms with Gasteiger partial charge in [-0.15, -0.1) is 0 Å². The van der Waals surface area contributed by atoms with E-state index >= 15 is 0 Å². The Kier molecular flexibility index (Phi) is 1.46. The van der Waals surface area contributed by atoms with Gasteiger partial charge in [0.1, 0.15) is 0 Å². The van der Waals surface area contributed by atoms with Gasteiger partial charge in [-0.2, -0.15) is 5.10 Å². The van der Waals surface area contributed by atoms with E-state index < -0.39 is 0 Å². The maximum Gasteiger partial charge on any atom is 0.0982 e. The van der Waals surface area contributed by atoms with E-state index in [0.717, 1.165) is 18.5 Å². The van der Waals surface area contributed by atoms with Crippen molar-refractivity contribution < 1.29 is 5.11 Å². The molecule has 2 unspecified atom stereocenters. The zero-order chi connectivity index (χ0) is 7.84. The van der Waals surface area contributed by atoms with Crippen LogP contribution in [0.4, 0.5) is 0 Å². The second-order valence-electron chi connectivity index (χ2n) is 3.27. The number of hydrogen-bond donors (Lipinski definition) is 2. The van der Waals surface area contributed by atoms with Gasteiger partial charge in [0.05, 0.1) is 18.0 Å². The summed E-state index contributed by atoms with van der Waals surface area (Å²) < 4.78 is 0. The molecule has 1 aliphatic rings. The Morgan fingerprint density at radius 1 is 1.73 bits per heavy atom. The van der Waals surface area contributed by atoms with Gasteiger partial charge >= 0.3 is 0 Å². The first kappa shape index (κ1) is 6.85. The Hall–Kier alpha value is -0.830. The third kappa shape index (κ3) is 0.959. The van der Waals surface area contributed by atoms with E-state index in [1.807, 2.05) is 6.20 Å². The number of aliphatic hydroxyl groups excluding tert-OH is 1. The Balaban J connectivity index is 2.38. The summed E-state index contributed by atoms with van der Waals surface area (Å²) >= 11 is 0. The largest absolute Gasteiger partial charge is 0.387 e. The number of hydrogen-bond acceptors (Lipinski definition) is 2. The summed E-state index contributed by atoms with van der Waals surface area (Å²) in [4.78, 5) is 0. The molecule has 0 saturated heterocycles. The highest BCUT2D eigenvalue weighted by atomic mass is 16.3. The van der Waals surface area contributed by atoms with Gasteiger partial charge in [-0.05, 0) is 24.3 Å². The lowest BCUT2D eigenvalue weighted by molar-refractivity contribution is 0.0996. The SMILES string of the molecule is CC1CCc2cn[nH]c2C1O. The standard InChI is InChI=1S/C8H12N2O/c1-5-2-3-6-4-9-10-7(6)8(5)11/h4-5,8,11H,2-3H2,1H3,(H,9,10). The van der Waals surface area contributed by atoms with Gasteiger partial charge in [0.2, 0.25) is 0 Å². The molecule has 1 heterocycles. The number of fused-ring (bicyclic) bond motifs is 1. The van der Waals surface area contributed by atoms with Crippen LogP contribution in [0.2, 0.25) is 0 Å². The maximum atomic E-state index is 9.65. The van der Waals surface area contributed by atoms with Crippen molar-refractivity contribution in [3.63, 3.8) is 0 Å². The summed E-state index contributed by atoms with van der Waals surface area (Å²) in [6, 6.07) is 0. The molecule has 2 N–H and O–H groups in total. The average Bonchev–Trinajstić information content (AvgIpc) is 2.45. The Morgan fingerprint density at radius 3 is 3.36 bits per heavy atom. The Bertz CT molecular complexity index is 256. The van der Waals surface area contributed by atoms with Crippen LogP contribution in [0.5, 0.6) is 0 Å². The second-order valence-corrected chi connectivity index (χ2v) is 3.27. The molecule has 1 aliphatic carbocycles. The highest BCUT2D eigenvalue weighted by molar-refractivity contribution is 5.22. The first-order valence-corrected chi connectivity index (χ1v) is 3.99. The molecule has 3 heteroatoms. The van der Waals surface area contributed by atoms with Crippen LogP contribution >= 0.6 is 0 Å². The molecule has 0 bridgehead atoms. The predicted molar refractivity (Wildman–Crippen MR) is 41.0 cm³/mol. The van der Waals surface area contributed by atoms with Gasteiger partial charge in [0, 0.05) is 0 Å². The number of nitrogens with one attached hydrogen (secondary N) is 1. The normalized spacial score (nSPS) is 30.0. The smallest absolute Gasteiger partial charge is 0.0982 e. The topological polar surface area (TPSA) is 48.9 Å². The summed E-state index contributed by atoms with van der Waals surface area (Å²) in [5.41, 5.74) is 2.10. The van der Waals surface area contributed by atoms with Crippen molar-refractivity contribution in [2.75, 3.05) is 0 Å². The van der Waals surface area contributed by atoms with Crippen molar-refractivity contribution in [3.05, 3.63) is 17.5 Å². The van der Waals surface area contributed by atoms with Crippen LogP contribution in [0.15, 0.2) is 6.20 Å². The van der Waals surface area contributed by atoms with Crippen LogP contribution in [0.1, 0.15) is 30.7 Å². The molecular formula is C8H12N2O. The van der Waals surface area contributed by atoms with Crippen molar-refractivity contribution >= 4 is 0 Å². The second kappa shape index (κ2) is 2.34. The zero-order valence-corrected chi connectivity index (χ0v) is 6.54. The van der Waals surface area contributed by atoms with E-state index in [4.69, 9.17) is 0 Å². The van der Waals surface area contributed by atoms with Gasteiger partial charge in [0.15, 0.2) is 0 Å². The third-order valence-electron chi connectivity index (χ3n) is 2.46. The summed E-state index contributed by atoms with van der Waals surface area (Å²) in [5.74, 6) is 0.364. The first-order chi connectivity index (χ1) is 5.29. The quantitative estimate of drug-likeness (QED) is 0.583. The molecule has 0 aromatic carbocycles. The fourth-order valence-corrected chi connectivity index (χ4v) is 1.60. The minimum absolute atomic E-state index is 0.332. The first-order valence-electron chi connectivity index (χ1n) is 3.99. The van der Waals surface area contributed by atoms with Gasteiger partial charge in [-0.1, -0.05) is 6.92 Å². The summed E-state index contributed by atoms with van der Waals surface area (Å²) in [6.45, 7) is 2.06. The molecule has 0 fully saturated rings. The van der Waals surface area contributed by atoms with Crippen molar-refractivity contribution in [3.8, 4) is 0 Å². The number of H-pyrrole nitrogens is 1. The zero-order valence-electron chi connectivity index (χ0n) is 6.54. The maximum absolute atomic E-state index is 9.65. The monoisotopic (exact) mass is 152 g/mol. The molecule has 60 valence electrons. The minimum Gasteiger partial charge on any atom is -0.387 e. The van der Waals surface area contributed by atoms with Crippen molar-refractivity contribution in [1.82, 2.24) is 10.2 Å². The fourth-order valence-electron chi connectivity index (χ4n) is 1.60. The van der Waals surface area contributed by atoms with E-state index in [9.17, 15) is 5.11 Å². The lowest BCUT2D eigenvalue weighted by atomic mass is 9.87. The molecule has 1 aromatic heterocycles. The number of nitrogens with zero attached hydrogens (tertiary/aromatic N) is 1. The van der Waals surface area contributed by atoms with Gasteiger partial charge < -0.3 is 5.11 Å². The molecule has 11 heavy (non-hydrogen) atoms. The minimum atomic E-state index is -0.332. The fraction of sp³-hybridized carbons (Fsp3) is 0.625. The molecule has 1 aromatic rings. The van der Waals surface area contributed by atoms with Crippen LogP contribution in [0.25, 0.3) is 0 Å². The number of rotatable bonds is 0. The lowest BCUT2D eigenvalue weighted by Gasteiger charge is -2.23. The van der Waals surface area contributed by atoms with Crippen molar-refractivity contribution in [2.24, 2.45) is 5.92 Å². The van der Waals surface area contributed by atoms with E-state index in [0.29, 0.717) is 5.92 Å². The summed E-state index contributed by atoms with van der Waals surface area (Å²) in [6.07, 6.45) is 3.59. The molecule has 3 nitrogen and oxygen atoms in total. The van der Waals surface area contributed by atoms with Crippen LogP contribution in [-0.4, -0.2) is 15.3 Å². The molecular weight excluding hydrogens is 140 g/mol. The number of aliphatic hydroxyl groups is 1. The van der Waals surface area contributed by atoms with E-state index in [1.54, 1.807) is 0 Å². The van der Waals surface area contributed by atoms with Crippen molar-refractivity contribution in [1.29, 1.82) is 0 Å². The highest BCUT2D eigenvalue weighted by Crippen LogP contribution is 2.31. The molecule has 0 aliphatic heterocycles. The molecule has 0 saturated carbocycles. The Morgan fingerprint density at radius 2 is 2.55 bits per heavy atom. The van der Waals surface area contributed by atoms with Crippen LogP contribution in [0.3, 0.4) is 0 Å². The number of aromatic amines is 1. The molecule has 2 rings (SSSR count). The third-order valence-corrected chi connectivity index (χ3v) is 2.46. The van der Waals surface area contributed by atoms with E-state index in [-0.39, 0.29) is 6.10 Å². The van der Waals surface area contributed by atoms with E-state index in [1.165, 1.54) is 5.56 Å². The van der Waals surface area contributed by atoms with Crippen LogP contribution in [0, 0.1) is 5.92 Å². The molecule has 2 atom stereocenters. The van der Waals surface area contributed by atoms with Crippen LogP contribution < -0.4 is 0 Å². The van der Waals surface area contributed by atoms with Crippen molar-refractivity contribution in [2.45, 2.75) is 25.9 Å². The Labute approximate surface area is 65.4 Å². The van der Waals surface area contributed by atoms with Gasteiger partial charge in [-0.25, -0.2) is 0 Å². The van der Waals surface area contributed by atoms with Crippen LogP contribution in [-0.2, 0) is 6.42 Å². The molecule has 0 spiro atoms. The van der Waals surface area contributed by atoms with Gasteiger partial charge in [0.25, 0.3) is 0 Å². The lowest BCUT2D eigenvalue weighted by Crippen LogP contribution is -2.17. The average molecular weight is 152 g/mol. The molecule has 0 amide bonds. The number of aryl methyl sites for hydroxylation is 1. The van der Waals surface area contributed by atoms with E-state index in [2.05, 4.69) is 17.1 Å². The molecule has 0 radical (unpaired) electrons. The number of aromatic nitrogens is 2. The summed E-state index contributed by atoms with van der Waals surface area (Å²) in [5, 5.41) is 16.4. The summed E-state index contributed by atoms with van der Waals surface area (Å²) in [7, 11) is 0. The van der Waals surface area contributed by atoms with Gasteiger partial charge in [-0.3, -0.25) is 5.10 Å².